The van der Waals surface area contributed by atoms with Crippen molar-refractivity contribution in [3.05, 3.63) is 109 Å². The van der Waals surface area contributed by atoms with Gasteiger partial charge in [0, 0.05) is 19.3 Å². The molecule has 0 saturated carbocycles. The standard InChI is InChI=1S/C56H90O6/c1-4-7-10-13-16-19-22-24-26-28-30-32-34-37-40-43-46-49-55(58)61-52-53(51-60-54(57)48-45-42-39-36-21-18-15-12-9-6-3)62-56(59)50-47-44-41-38-35-33-31-29-27-25-23-20-17-14-11-8-5-2/h15-20,24-27,30-33,37-38,40-41,53H,4-14,21-23,28-29,34-36,39,42-52H2,1-3H3/b18-15-,19-16-,20-17-,26-24-,27-25-,32-30-,33-31-,40-37-,41-38-. The Labute approximate surface area is 380 Å². The highest BCUT2D eigenvalue weighted by molar-refractivity contribution is 5.71. The Morgan fingerprint density at radius 2 is 0.613 bits per heavy atom. The number of allylic oxidation sites excluding steroid dienone is 18. The summed E-state index contributed by atoms with van der Waals surface area (Å²) in [5, 5.41) is 0. The molecule has 0 rings (SSSR count). The monoisotopic (exact) mass is 859 g/mol. The molecule has 1 atom stereocenters. The van der Waals surface area contributed by atoms with Crippen molar-refractivity contribution in [1.82, 2.24) is 0 Å². The van der Waals surface area contributed by atoms with Gasteiger partial charge in [0.15, 0.2) is 6.10 Å². The number of unbranched alkanes of at least 4 members (excludes halogenated alkanes) is 14. The van der Waals surface area contributed by atoms with E-state index in [-0.39, 0.29) is 44.0 Å². The van der Waals surface area contributed by atoms with E-state index in [1.807, 2.05) is 0 Å². The van der Waals surface area contributed by atoms with Crippen molar-refractivity contribution in [3.8, 4) is 0 Å². The van der Waals surface area contributed by atoms with Gasteiger partial charge in [0.2, 0.25) is 0 Å². The lowest BCUT2D eigenvalue weighted by molar-refractivity contribution is -0.167. The molecular weight excluding hydrogens is 769 g/mol. The second-order valence-electron chi connectivity index (χ2n) is 16.0. The summed E-state index contributed by atoms with van der Waals surface area (Å²) in [6.07, 6.45) is 66.5. The van der Waals surface area contributed by atoms with Gasteiger partial charge in [-0.05, 0) is 116 Å². The number of ether oxygens (including phenoxy) is 3. The largest absolute Gasteiger partial charge is 0.462 e. The third kappa shape index (κ3) is 47.1. The van der Waals surface area contributed by atoms with Crippen LogP contribution in [0.15, 0.2) is 109 Å². The zero-order valence-corrected chi connectivity index (χ0v) is 39.8. The van der Waals surface area contributed by atoms with Crippen LogP contribution in [-0.2, 0) is 28.6 Å². The summed E-state index contributed by atoms with van der Waals surface area (Å²) in [5.74, 6) is -1.06. The van der Waals surface area contributed by atoms with E-state index >= 15 is 0 Å². The molecule has 0 radical (unpaired) electrons. The molecule has 62 heavy (non-hydrogen) atoms. The predicted molar refractivity (Wildman–Crippen MR) is 265 cm³/mol. The van der Waals surface area contributed by atoms with Crippen molar-refractivity contribution < 1.29 is 28.6 Å². The van der Waals surface area contributed by atoms with Crippen LogP contribution in [-0.4, -0.2) is 37.2 Å². The third-order valence-electron chi connectivity index (χ3n) is 9.97. The van der Waals surface area contributed by atoms with E-state index in [4.69, 9.17) is 14.2 Å². The summed E-state index contributed by atoms with van der Waals surface area (Å²) < 4.78 is 16.6. The van der Waals surface area contributed by atoms with E-state index in [2.05, 4.69) is 130 Å². The van der Waals surface area contributed by atoms with Crippen molar-refractivity contribution in [2.24, 2.45) is 0 Å². The molecule has 0 bridgehead atoms. The van der Waals surface area contributed by atoms with Crippen molar-refractivity contribution in [2.75, 3.05) is 13.2 Å². The van der Waals surface area contributed by atoms with Gasteiger partial charge in [-0.1, -0.05) is 182 Å². The molecule has 0 aliphatic carbocycles. The van der Waals surface area contributed by atoms with Crippen LogP contribution in [0, 0.1) is 0 Å². The van der Waals surface area contributed by atoms with E-state index in [0.29, 0.717) is 19.3 Å². The SMILES string of the molecule is CCCC/C=C\CCCCCCC(=O)OCC(COC(=O)CCC/C=C\C/C=C\C/C=C\C/C=C\CCCCC)OC(=O)CCC/C=C\C/C=C\C/C=C\C/C=C\CCCCC. The molecule has 0 aliphatic rings. The Balaban J connectivity index is 4.58. The lowest BCUT2D eigenvalue weighted by Gasteiger charge is -2.18. The zero-order chi connectivity index (χ0) is 45.1. The van der Waals surface area contributed by atoms with Crippen LogP contribution in [0.25, 0.3) is 0 Å². The molecule has 0 saturated heterocycles. The second-order valence-corrected chi connectivity index (χ2v) is 16.0. The maximum atomic E-state index is 12.7. The first kappa shape index (κ1) is 58.1. The first-order valence-electron chi connectivity index (χ1n) is 24.9. The Kier molecular flexibility index (Phi) is 46.6. The van der Waals surface area contributed by atoms with Crippen LogP contribution in [0.1, 0.15) is 207 Å². The van der Waals surface area contributed by atoms with Crippen LogP contribution in [0.3, 0.4) is 0 Å². The highest BCUT2D eigenvalue weighted by Crippen LogP contribution is 2.10. The van der Waals surface area contributed by atoms with Crippen molar-refractivity contribution in [1.29, 1.82) is 0 Å². The molecule has 350 valence electrons. The molecule has 0 aliphatic heterocycles. The smallest absolute Gasteiger partial charge is 0.306 e. The van der Waals surface area contributed by atoms with E-state index in [1.54, 1.807) is 0 Å². The lowest BCUT2D eigenvalue weighted by Crippen LogP contribution is -2.30. The molecule has 1 unspecified atom stereocenters. The molecule has 6 nitrogen and oxygen atoms in total. The molecule has 0 aromatic heterocycles. The van der Waals surface area contributed by atoms with Crippen molar-refractivity contribution in [2.45, 2.75) is 213 Å². The number of hydrogen-bond donors (Lipinski definition) is 0. The summed E-state index contributed by atoms with van der Waals surface area (Å²) in [5.41, 5.74) is 0. The van der Waals surface area contributed by atoms with E-state index < -0.39 is 6.10 Å². The van der Waals surface area contributed by atoms with Crippen molar-refractivity contribution >= 4 is 17.9 Å². The summed E-state index contributed by atoms with van der Waals surface area (Å²) in [4.78, 5) is 37.8. The normalized spacial score (nSPS) is 13.0. The van der Waals surface area contributed by atoms with Gasteiger partial charge in [-0.3, -0.25) is 14.4 Å². The van der Waals surface area contributed by atoms with E-state index in [9.17, 15) is 14.4 Å². The highest BCUT2D eigenvalue weighted by Gasteiger charge is 2.19. The van der Waals surface area contributed by atoms with Crippen LogP contribution < -0.4 is 0 Å². The average Bonchev–Trinajstić information content (AvgIpc) is 3.27. The minimum atomic E-state index is -0.833. The molecule has 0 fully saturated rings. The molecule has 0 aromatic carbocycles. The highest BCUT2D eigenvalue weighted by atomic mass is 16.6. The second kappa shape index (κ2) is 49.7. The lowest BCUT2D eigenvalue weighted by atomic mass is 10.1. The molecule has 6 heteroatoms. The van der Waals surface area contributed by atoms with Crippen LogP contribution in [0.2, 0.25) is 0 Å². The number of esters is 3. The molecule has 0 amide bonds. The average molecular weight is 859 g/mol. The number of hydrogen-bond acceptors (Lipinski definition) is 6. The molecular formula is C56H90O6. The fourth-order valence-corrected chi connectivity index (χ4v) is 6.17. The van der Waals surface area contributed by atoms with Crippen LogP contribution in [0.5, 0.6) is 0 Å². The number of carbonyl (C=O) groups is 3. The van der Waals surface area contributed by atoms with Gasteiger partial charge in [-0.15, -0.1) is 0 Å². The molecule has 0 spiro atoms. The van der Waals surface area contributed by atoms with Gasteiger partial charge in [0.05, 0.1) is 0 Å². The minimum Gasteiger partial charge on any atom is -0.462 e. The summed E-state index contributed by atoms with van der Waals surface area (Å²) in [6, 6.07) is 0. The van der Waals surface area contributed by atoms with Gasteiger partial charge in [0.25, 0.3) is 0 Å². The fraction of sp³-hybridized carbons (Fsp3) is 0.625. The Morgan fingerprint density at radius 3 is 1.02 bits per heavy atom. The minimum absolute atomic E-state index is 0.125. The van der Waals surface area contributed by atoms with Crippen molar-refractivity contribution in [3.63, 3.8) is 0 Å². The van der Waals surface area contributed by atoms with E-state index in [1.165, 1.54) is 64.2 Å². The van der Waals surface area contributed by atoms with Crippen LogP contribution in [0.4, 0.5) is 0 Å². The fourth-order valence-electron chi connectivity index (χ4n) is 6.17. The van der Waals surface area contributed by atoms with Gasteiger partial charge in [-0.25, -0.2) is 0 Å². The predicted octanol–water partition coefficient (Wildman–Crippen LogP) is 16.4. The Bertz CT molecular complexity index is 1310. The molecule has 0 N–H and O–H groups in total. The van der Waals surface area contributed by atoms with Crippen LogP contribution >= 0.6 is 0 Å². The van der Waals surface area contributed by atoms with Gasteiger partial charge in [-0.2, -0.15) is 0 Å². The zero-order valence-electron chi connectivity index (χ0n) is 39.8. The maximum Gasteiger partial charge on any atom is 0.306 e. The quantitative estimate of drug-likeness (QED) is 0.0263. The summed E-state index contributed by atoms with van der Waals surface area (Å²) in [7, 11) is 0. The molecule has 0 heterocycles. The Morgan fingerprint density at radius 1 is 0.323 bits per heavy atom. The first-order chi connectivity index (χ1) is 30.5. The topological polar surface area (TPSA) is 78.9 Å². The third-order valence-corrected chi connectivity index (χ3v) is 9.97. The van der Waals surface area contributed by atoms with E-state index in [0.717, 1.165) is 89.9 Å². The Hall–Kier alpha value is -3.93. The van der Waals surface area contributed by atoms with Gasteiger partial charge in [0.1, 0.15) is 13.2 Å². The van der Waals surface area contributed by atoms with Gasteiger partial charge < -0.3 is 14.2 Å². The summed E-state index contributed by atoms with van der Waals surface area (Å²) >= 11 is 0. The van der Waals surface area contributed by atoms with Gasteiger partial charge >= 0.3 is 17.9 Å². The first-order valence-corrected chi connectivity index (χ1v) is 24.9. The number of rotatable bonds is 43. The molecule has 0 aromatic rings. The summed E-state index contributed by atoms with van der Waals surface area (Å²) in [6.45, 7) is 6.41. The number of carbonyl (C=O) groups excluding carboxylic acids is 3. The maximum absolute atomic E-state index is 12.7.